The Bertz CT molecular complexity index is 438. The smallest absolute Gasteiger partial charge is 0.253 e. The van der Waals surface area contributed by atoms with Crippen LogP contribution < -0.4 is 11.1 Å². The molecule has 1 aromatic carbocycles. The van der Waals surface area contributed by atoms with E-state index in [1.165, 1.54) is 0 Å². The third kappa shape index (κ3) is 3.91. The van der Waals surface area contributed by atoms with Crippen molar-refractivity contribution in [3.63, 3.8) is 0 Å². The summed E-state index contributed by atoms with van der Waals surface area (Å²) in [4.78, 5) is 12.0. The molecular weight excluding hydrogens is 248 g/mol. The van der Waals surface area contributed by atoms with Crippen LogP contribution >= 0.6 is 11.6 Å². The number of nitrogens with two attached hydrogens (primary N) is 1. The molecule has 4 heteroatoms. The van der Waals surface area contributed by atoms with E-state index in [0.717, 1.165) is 0 Å². The summed E-state index contributed by atoms with van der Waals surface area (Å²) in [7, 11) is 0. The second-order valence-corrected chi connectivity index (χ2v) is 6.15. The molecule has 0 aliphatic carbocycles. The number of benzene rings is 1. The molecule has 0 radical (unpaired) electrons. The van der Waals surface area contributed by atoms with E-state index in [2.05, 4.69) is 33.0 Å². The molecule has 1 atom stereocenters. The van der Waals surface area contributed by atoms with Crippen molar-refractivity contribution in [2.24, 2.45) is 11.3 Å². The highest BCUT2D eigenvalue weighted by Gasteiger charge is 2.20. The zero-order valence-electron chi connectivity index (χ0n) is 11.4. The van der Waals surface area contributed by atoms with Gasteiger partial charge in [-0.3, -0.25) is 4.79 Å². The van der Waals surface area contributed by atoms with Crippen molar-refractivity contribution in [2.45, 2.75) is 27.7 Å². The van der Waals surface area contributed by atoms with Gasteiger partial charge in [0, 0.05) is 17.3 Å². The number of halogens is 1. The van der Waals surface area contributed by atoms with Gasteiger partial charge >= 0.3 is 0 Å². The summed E-state index contributed by atoms with van der Waals surface area (Å²) < 4.78 is 0. The molecule has 0 aliphatic heterocycles. The summed E-state index contributed by atoms with van der Waals surface area (Å²) in [5, 5.41) is 3.44. The highest BCUT2D eigenvalue weighted by molar-refractivity contribution is 6.31. The second kappa shape index (κ2) is 5.61. The van der Waals surface area contributed by atoms with E-state index in [-0.39, 0.29) is 11.3 Å². The molecule has 0 bridgehead atoms. The molecule has 0 spiro atoms. The number of anilines is 1. The van der Waals surface area contributed by atoms with Crippen molar-refractivity contribution < 1.29 is 4.79 Å². The Labute approximate surface area is 114 Å². The standard InChI is InChI=1S/C14H21ClN2O/c1-9(14(2,3)4)8-17-13(18)11-6-5-10(15)7-12(11)16/h5-7,9H,8,16H2,1-4H3,(H,17,18). The third-order valence-corrected chi connectivity index (χ3v) is 3.54. The highest BCUT2D eigenvalue weighted by Crippen LogP contribution is 2.24. The third-order valence-electron chi connectivity index (χ3n) is 3.31. The van der Waals surface area contributed by atoms with E-state index in [1.54, 1.807) is 18.2 Å². The SMILES string of the molecule is CC(CNC(=O)c1ccc(Cl)cc1N)C(C)(C)C. The van der Waals surface area contributed by atoms with Gasteiger partial charge in [-0.05, 0) is 29.5 Å². The molecule has 0 fully saturated rings. The molecular formula is C14H21ClN2O. The van der Waals surface area contributed by atoms with Gasteiger partial charge in [-0.25, -0.2) is 0 Å². The number of carbonyl (C=O) groups is 1. The van der Waals surface area contributed by atoms with Crippen LogP contribution in [0.4, 0.5) is 5.69 Å². The summed E-state index contributed by atoms with van der Waals surface area (Å²) in [5.74, 6) is 0.232. The molecule has 3 nitrogen and oxygen atoms in total. The lowest BCUT2D eigenvalue weighted by Crippen LogP contribution is -2.34. The van der Waals surface area contributed by atoms with Gasteiger partial charge in [0.1, 0.15) is 0 Å². The van der Waals surface area contributed by atoms with Crippen LogP contribution in [0, 0.1) is 11.3 Å². The van der Waals surface area contributed by atoms with Crippen molar-refractivity contribution >= 4 is 23.2 Å². The average Bonchev–Trinajstić information content (AvgIpc) is 2.24. The quantitative estimate of drug-likeness (QED) is 0.826. The lowest BCUT2D eigenvalue weighted by Gasteiger charge is -2.27. The Balaban J connectivity index is 2.66. The Morgan fingerprint density at radius 3 is 2.56 bits per heavy atom. The molecule has 18 heavy (non-hydrogen) atoms. The Hall–Kier alpha value is -1.22. The first-order chi connectivity index (χ1) is 8.21. The van der Waals surface area contributed by atoms with E-state index in [0.29, 0.717) is 28.7 Å². The van der Waals surface area contributed by atoms with Gasteiger partial charge in [0.15, 0.2) is 0 Å². The Morgan fingerprint density at radius 2 is 2.06 bits per heavy atom. The Kier molecular flexibility index (Phi) is 4.63. The molecule has 0 saturated heterocycles. The van der Waals surface area contributed by atoms with Gasteiger partial charge in [-0.15, -0.1) is 0 Å². The minimum absolute atomic E-state index is 0.153. The van der Waals surface area contributed by atoms with Gasteiger partial charge in [-0.2, -0.15) is 0 Å². The second-order valence-electron chi connectivity index (χ2n) is 5.71. The normalized spacial score (nSPS) is 13.2. The lowest BCUT2D eigenvalue weighted by molar-refractivity contribution is 0.0938. The summed E-state index contributed by atoms with van der Waals surface area (Å²) in [6.45, 7) is 9.21. The van der Waals surface area contributed by atoms with Gasteiger partial charge < -0.3 is 11.1 Å². The molecule has 3 N–H and O–H groups in total. The molecule has 1 rings (SSSR count). The summed E-state index contributed by atoms with van der Waals surface area (Å²) in [6.07, 6.45) is 0. The molecule has 0 aromatic heterocycles. The largest absolute Gasteiger partial charge is 0.398 e. The number of nitrogens with one attached hydrogen (secondary N) is 1. The molecule has 1 aromatic rings. The summed E-state index contributed by atoms with van der Waals surface area (Å²) >= 11 is 5.80. The molecule has 0 aliphatic rings. The van der Waals surface area contributed by atoms with Crippen molar-refractivity contribution in [3.05, 3.63) is 28.8 Å². The summed E-state index contributed by atoms with van der Waals surface area (Å²) in [5.41, 5.74) is 6.81. The number of carbonyl (C=O) groups excluding carboxylic acids is 1. The van der Waals surface area contributed by atoms with Crippen LogP contribution in [0.2, 0.25) is 5.02 Å². The number of hydrogen-bond donors (Lipinski definition) is 2. The topological polar surface area (TPSA) is 55.1 Å². The van der Waals surface area contributed by atoms with Gasteiger partial charge in [0.2, 0.25) is 0 Å². The first kappa shape index (κ1) is 14.8. The Morgan fingerprint density at radius 1 is 1.44 bits per heavy atom. The van der Waals surface area contributed by atoms with Crippen LogP contribution in [-0.4, -0.2) is 12.5 Å². The minimum Gasteiger partial charge on any atom is -0.398 e. The monoisotopic (exact) mass is 268 g/mol. The fraction of sp³-hybridized carbons (Fsp3) is 0.500. The van der Waals surface area contributed by atoms with Crippen LogP contribution in [0.5, 0.6) is 0 Å². The maximum Gasteiger partial charge on any atom is 0.253 e. The number of rotatable bonds is 3. The molecule has 1 amide bonds. The summed E-state index contributed by atoms with van der Waals surface area (Å²) in [6, 6.07) is 4.90. The zero-order valence-corrected chi connectivity index (χ0v) is 12.1. The number of nitrogen functional groups attached to an aromatic ring is 1. The lowest BCUT2D eigenvalue weighted by atomic mass is 9.82. The maximum atomic E-state index is 12.0. The maximum absolute atomic E-state index is 12.0. The van der Waals surface area contributed by atoms with Crippen LogP contribution in [0.25, 0.3) is 0 Å². The number of hydrogen-bond acceptors (Lipinski definition) is 2. The van der Waals surface area contributed by atoms with Gasteiger partial charge in [-0.1, -0.05) is 39.3 Å². The number of amides is 1. The molecule has 0 heterocycles. The van der Waals surface area contributed by atoms with Crippen molar-refractivity contribution in [2.75, 3.05) is 12.3 Å². The molecule has 100 valence electrons. The van der Waals surface area contributed by atoms with E-state index in [9.17, 15) is 4.79 Å². The van der Waals surface area contributed by atoms with Crippen molar-refractivity contribution in [1.29, 1.82) is 0 Å². The zero-order chi connectivity index (χ0) is 13.9. The van der Waals surface area contributed by atoms with Crippen LogP contribution in [-0.2, 0) is 0 Å². The van der Waals surface area contributed by atoms with Crippen LogP contribution in [0.1, 0.15) is 38.1 Å². The van der Waals surface area contributed by atoms with Gasteiger partial charge in [0.25, 0.3) is 5.91 Å². The predicted molar refractivity (Wildman–Crippen MR) is 76.8 cm³/mol. The van der Waals surface area contributed by atoms with Crippen LogP contribution in [0.3, 0.4) is 0 Å². The van der Waals surface area contributed by atoms with Crippen molar-refractivity contribution in [1.82, 2.24) is 5.32 Å². The fourth-order valence-corrected chi connectivity index (χ4v) is 1.57. The minimum atomic E-state index is -0.153. The predicted octanol–water partition coefficient (Wildman–Crippen LogP) is 3.33. The van der Waals surface area contributed by atoms with E-state index >= 15 is 0 Å². The first-order valence-corrected chi connectivity index (χ1v) is 6.43. The van der Waals surface area contributed by atoms with E-state index in [4.69, 9.17) is 17.3 Å². The average molecular weight is 269 g/mol. The molecule has 1 unspecified atom stereocenters. The molecule has 0 saturated carbocycles. The van der Waals surface area contributed by atoms with Gasteiger partial charge in [0.05, 0.1) is 5.56 Å². The first-order valence-electron chi connectivity index (χ1n) is 6.05. The van der Waals surface area contributed by atoms with E-state index in [1.807, 2.05) is 0 Å². The van der Waals surface area contributed by atoms with Crippen molar-refractivity contribution in [3.8, 4) is 0 Å². The fourth-order valence-electron chi connectivity index (χ4n) is 1.39. The van der Waals surface area contributed by atoms with Crippen LogP contribution in [0.15, 0.2) is 18.2 Å². The highest BCUT2D eigenvalue weighted by atomic mass is 35.5. The van der Waals surface area contributed by atoms with E-state index < -0.39 is 0 Å².